The lowest BCUT2D eigenvalue weighted by atomic mass is 9.92. The Hall–Kier alpha value is -3.14. The fraction of sp³-hybridized carbons (Fsp3) is 0.609. The summed E-state index contributed by atoms with van der Waals surface area (Å²) in [6.45, 7) is 15.0. The average Bonchev–Trinajstić information content (AvgIpc) is 3.16. The summed E-state index contributed by atoms with van der Waals surface area (Å²) < 4.78 is 13.7. The lowest BCUT2D eigenvalue weighted by Gasteiger charge is -2.41. The number of hydrogen-bond donors (Lipinski definition) is 2. The molecule has 2 aromatic rings. The van der Waals surface area contributed by atoms with E-state index in [1.807, 2.05) is 20.8 Å². The molecule has 0 aromatic carbocycles. The van der Waals surface area contributed by atoms with E-state index >= 15 is 0 Å². The highest BCUT2D eigenvalue weighted by Gasteiger charge is 2.37. The van der Waals surface area contributed by atoms with E-state index in [0.717, 1.165) is 12.8 Å². The summed E-state index contributed by atoms with van der Waals surface area (Å²) in [7, 11) is 0. The van der Waals surface area contributed by atoms with E-state index in [0.29, 0.717) is 48.1 Å². The zero-order valence-corrected chi connectivity index (χ0v) is 20.5. The highest BCUT2D eigenvalue weighted by atomic mass is 16.5. The normalized spacial score (nSPS) is 16.8. The molecule has 0 amide bonds. The molecule has 1 aliphatic heterocycles. The predicted molar refractivity (Wildman–Crippen MR) is 126 cm³/mol. The first-order valence-corrected chi connectivity index (χ1v) is 11.3. The molecule has 1 atom stereocenters. The number of aliphatic carboxylic acids is 1. The molecule has 0 radical (unpaired) electrons. The molecule has 11 heteroatoms. The molecule has 0 bridgehead atoms. The number of ether oxygens (including phenoxy) is 2. The van der Waals surface area contributed by atoms with Crippen LogP contribution in [0, 0.1) is 12.5 Å². The van der Waals surface area contributed by atoms with Gasteiger partial charge in [-0.05, 0) is 47.5 Å². The second kappa shape index (κ2) is 10.0. The van der Waals surface area contributed by atoms with Crippen LogP contribution in [0.2, 0.25) is 0 Å². The van der Waals surface area contributed by atoms with Crippen LogP contribution in [0.3, 0.4) is 0 Å². The molecule has 0 spiro atoms. The summed E-state index contributed by atoms with van der Waals surface area (Å²) in [6.07, 6.45) is 2.02. The highest BCUT2D eigenvalue weighted by Crippen LogP contribution is 2.37. The number of hydrogen-bond acceptors (Lipinski definition) is 8. The number of piperidine rings is 1. The molecule has 11 nitrogen and oxygen atoms in total. The van der Waals surface area contributed by atoms with Crippen molar-refractivity contribution in [2.24, 2.45) is 5.11 Å². The number of carboxylic acids is 1. The van der Waals surface area contributed by atoms with E-state index in [1.54, 1.807) is 23.6 Å². The first-order chi connectivity index (χ1) is 16.0. The summed E-state index contributed by atoms with van der Waals surface area (Å²) in [6, 6.07) is 1.77. The van der Waals surface area contributed by atoms with E-state index in [9.17, 15) is 9.90 Å². The predicted octanol–water partition coefficient (Wildman–Crippen LogP) is 3.59. The summed E-state index contributed by atoms with van der Waals surface area (Å²) in [5.74, 6) is -0.453. The van der Waals surface area contributed by atoms with Gasteiger partial charge in [-0.2, -0.15) is 9.61 Å². The Bertz CT molecular complexity index is 1110. The maximum absolute atomic E-state index is 12.4. The number of aryl methyl sites for hydroxylation is 1. The van der Waals surface area contributed by atoms with Gasteiger partial charge in [-0.1, -0.05) is 6.08 Å². The van der Waals surface area contributed by atoms with E-state index in [4.69, 9.17) is 15.0 Å². The van der Waals surface area contributed by atoms with Crippen molar-refractivity contribution >= 4 is 17.4 Å². The van der Waals surface area contributed by atoms with Crippen LogP contribution >= 0.6 is 0 Å². The van der Waals surface area contributed by atoms with Crippen molar-refractivity contribution in [2.75, 3.05) is 24.6 Å². The quantitative estimate of drug-likeness (QED) is 0.323. The van der Waals surface area contributed by atoms with Crippen molar-refractivity contribution in [1.82, 2.24) is 19.5 Å². The average molecular weight is 473 g/mol. The van der Waals surface area contributed by atoms with Gasteiger partial charge >= 0.3 is 5.97 Å². The van der Waals surface area contributed by atoms with Crippen LogP contribution in [0.4, 0.5) is 5.82 Å². The Morgan fingerprint density at radius 1 is 1.44 bits per heavy atom. The van der Waals surface area contributed by atoms with Gasteiger partial charge in [-0.15, -0.1) is 6.58 Å². The summed E-state index contributed by atoms with van der Waals surface area (Å²) in [5, 5.41) is 18.5. The maximum atomic E-state index is 12.4. The largest absolute Gasteiger partial charge is 0.479 e. The van der Waals surface area contributed by atoms with Crippen LogP contribution in [0.15, 0.2) is 23.8 Å². The number of carbonyl (C=O) groups is 1. The zero-order chi connectivity index (χ0) is 25.1. The molecular formula is C23H34N7O4+. The third kappa shape index (κ3) is 5.67. The fourth-order valence-corrected chi connectivity index (χ4v) is 4.14. The van der Waals surface area contributed by atoms with Gasteiger partial charge in [-0.25, -0.2) is 9.78 Å². The Balaban J connectivity index is 2.14. The van der Waals surface area contributed by atoms with Crippen LogP contribution in [-0.2, 0) is 20.8 Å². The van der Waals surface area contributed by atoms with Gasteiger partial charge in [0.15, 0.2) is 18.3 Å². The molecule has 2 aromatic heterocycles. The number of carboxylic acid groups (broad SMARTS) is 1. The summed E-state index contributed by atoms with van der Waals surface area (Å²) in [5.41, 5.74) is 8.14. The number of anilines is 1. The van der Waals surface area contributed by atoms with Crippen LogP contribution < -0.4 is 9.81 Å². The topological polar surface area (TPSA) is 139 Å². The van der Waals surface area contributed by atoms with Crippen LogP contribution in [0.1, 0.15) is 63.6 Å². The molecule has 2 N–H and O–H groups in total. The molecule has 1 fully saturated rings. The van der Waals surface area contributed by atoms with Gasteiger partial charge in [0, 0.05) is 24.8 Å². The smallest absolute Gasteiger partial charge is 0.337 e. The molecule has 1 aliphatic rings. The lowest BCUT2D eigenvalue weighted by Crippen LogP contribution is -2.45. The number of aromatic nitrogens is 3. The monoisotopic (exact) mass is 472 g/mol. The minimum absolute atomic E-state index is 0.134. The molecule has 34 heavy (non-hydrogen) atoms. The lowest BCUT2D eigenvalue weighted by molar-refractivity contribution is -0.160. The molecule has 3 heterocycles. The molecule has 0 saturated carbocycles. The number of nitrogens with one attached hydrogen (secondary N) is 1. The number of fused-ring (bicyclic) bond motifs is 1. The summed E-state index contributed by atoms with van der Waals surface area (Å²) in [4.78, 5) is 22.2. The van der Waals surface area contributed by atoms with Crippen molar-refractivity contribution < 1.29 is 19.4 Å². The molecule has 0 aliphatic carbocycles. The van der Waals surface area contributed by atoms with Gasteiger partial charge < -0.3 is 19.5 Å². The van der Waals surface area contributed by atoms with Gasteiger partial charge in [0.2, 0.25) is 4.91 Å². The van der Waals surface area contributed by atoms with Crippen LogP contribution in [0.5, 0.6) is 0 Å². The molecular weight excluding hydrogens is 438 g/mol. The summed E-state index contributed by atoms with van der Waals surface area (Å²) >= 11 is 0. The Labute approximate surface area is 199 Å². The number of nitrogens with zero attached hydrogens (tertiary/aromatic N) is 6. The number of rotatable bonds is 9. The van der Waals surface area contributed by atoms with Gasteiger partial charge in [0.1, 0.15) is 16.5 Å². The van der Waals surface area contributed by atoms with Crippen molar-refractivity contribution in [1.29, 1.82) is 5.53 Å². The van der Waals surface area contributed by atoms with Crippen molar-refractivity contribution in [3.63, 3.8) is 0 Å². The Morgan fingerprint density at radius 3 is 2.68 bits per heavy atom. The van der Waals surface area contributed by atoms with Crippen LogP contribution in [0.25, 0.3) is 5.65 Å². The minimum atomic E-state index is -1.22. The first kappa shape index (κ1) is 25.5. The van der Waals surface area contributed by atoms with Gasteiger partial charge in [0.25, 0.3) is 0 Å². The molecule has 3 rings (SSSR count). The van der Waals surface area contributed by atoms with Crippen LogP contribution in [-0.4, -0.2) is 56.6 Å². The van der Waals surface area contributed by atoms with E-state index in [2.05, 4.69) is 38.5 Å². The molecule has 1 saturated heterocycles. The third-order valence-electron chi connectivity index (χ3n) is 5.79. The SMILES string of the molecule is C=CCOC1(C)CCN(c2c(C(OC(C)(C)C)C(=O)O)c(C)nc3cc(CN=[N+]=N)nn23)CC1. The van der Waals surface area contributed by atoms with Crippen molar-refractivity contribution in [2.45, 2.75) is 71.3 Å². The maximum Gasteiger partial charge on any atom is 0.337 e. The fourth-order valence-electron chi connectivity index (χ4n) is 4.14. The van der Waals surface area contributed by atoms with Gasteiger partial charge in [-0.3, -0.25) is 0 Å². The highest BCUT2D eigenvalue weighted by molar-refractivity contribution is 5.78. The third-order valence-corrected chi connectivity index (χ3v) is 5.79. The molecule has 184 valence electrons. The van der Waals surface area contributed by atoms with E-state index in [-0.39, 0.29) is 12.1 Å². The van der Waals surface area contributed by atoms with Crippen molar-refractivity contribution in [3.8, 4) is 0 Å². The van der Waals surface area contributed by atoms with Gasteiger partial charge in [0.05, 0.1) is 29.1 Å². The Morgan fingerprint density at radius 2 is 2.12 bits per heavy atom. The second-order valence-electron chi connectivity index (χ2n) is 9.72. The first-order valence-electron chi connectivity index (χ1n) is 11.3. The standard InChI is InChI=1S/C23H33N7O4/c1-7-12-33-23(6)8-10-29(11-9-23)20-18(19(21(31)32)34-22(3,4)5)15(2)26-17-13-16(14-25-28-24)27-30(17)20/h7,13,19,24H,1,8-12,14H2,2-6H3/p+1. The van der Waals surface area contributed by atoms with E-state index in [1.165, 1.54) is 0 Å². The van der Waals surface area contributed by atoms with E-state index < -0.39 is 17.7 Å². The second-order valence-corrected chi connectivity index (χ2v) is 9.72. The zero-order valence-electron chi connectivity index (χ0n) is 20.5. The van der Waals surface area contributed by atoms with Crippen molar-refractivity contribution in [3.05, 3.63) is 35.7 Å². The molecule has 1 unspecified atom stereocenters. The minimum Gasteiger partial charge on any atom is -0.479 e. The Kier molecular flexibility index (Phi) is 7.50.